The molecular formula is C9H11ClFNO. The Morgan fingerprint density at radius 3 is 2.62 bits per heavy atom. The molecule has 1 aromatic carbocycles. The van der Waals surface area contributed by atoms with Gasteiger partial charge in [0.15, 0.2) is 0 Å². The van der Waals surface area contributed by atoms with Gasteiger partial charge in [0.05, 0.1) is 17.2 Å². The van der Waals surface area contributed by atoms with Crippen molar-refractivity contribution >= 4 is 11.6 Å². The Kier molecular flexibility index (Phi) is 3.25. The normalized spacial score (nSPS) is 15.5. The summed E-state index contributed by atoms with van der Waals surface area (Å²) in [5, 5.41) is 9.19. The van der Waals surface area contributed by atoms with Gasteiger partial charge >= 0.3 is 0 Å². The molecule has 0 radical (unpaired) electrons. The highest BCUT2D eigenvalue weighted by atomic mass is 35.5. The Morgan fingerprint density at radius 1 is 1.54 bits per heavy atom. The maximum atomic E-state index is 12.7. The van der Waals surface area contributed by atoms with E-state index in [1.165, 1.54) is 18.2 Å². The van der Waals surface area contributed by atoms with Crippen molar-refractivity contribution in [2.75, 3.05) is 0 Å². The van der Waals surface area contributed by atoms with Crippen LogP contribution in [0.1, 0.15) is 18.5 Å². The molecule has 13 heavy (non-hydrogen) atoms. The molecule has 0 saturated heterocycles. The number of rotatable bonds is 2. The van der Waals surface area contributed by atoms with Gasteiger partial charge in [-0.05, 0) is 24.6 Å². The van der Waals surface area contributed by atoms with Crippen LogP contribution in [0.2, 0.25) is 5.02 Å². The first kappa shape index (κ1) is 10.4. The van der Waals surface area contributed by atoms with Crippen LogP contribution in [0.25, 0.3) is 0 Å². The van der Waals surface area contributed by atoms with Crippen LogP contribution >= 0.6 is 11.6 Å². The van der Waals surface area contributed by atoms with Crippen molar-refractivity contribution in [3.05, 3.63) is 34.6 Å². The van der Waals surface area contributed by atoms with E-state index in [0.29, 0.717) is 5.56 Å². The van der Waals surface area contributed by atoms with Crippen LogP contribution in [0, 0.1) is 5.82 Å². The van der Waals surface area contributed by atoms with Gasteiger partial charge in [0, 0.05) is 0 Å². The second kappa shape index (κ2) is 4.05. The van der Waals surface area contributed by atoms with Gasteiger partial charge in [0.2, 0.25) is 0 Å². The number of hydrogen-bond acceptors (Lipinski definition) is 2. The van der Waals surface area contributed by atoms with Crippen molar-refractivity contribution in [3.63, 3.8) is 0 Å². The zero-order valence-corrected chi connectivity index (χ0v) is 7.92. The minimum atomic E-state index is -0.679. The summed E-state index contributed by atoms with van der Waals surface area (Å²) in [5.74, 6) is -0.483. The summed E-state index contributed by atoms with van der Waals surface area (Å²) in [6.45, 7) is 1.57. The van der Waals surface area contributed by atoms with E-state index in [9.17, 15) is 9.50 Å². The van der Waals surface area contributed by atoms with E-state index >= 15 is 0 Å². The van der Waals surface area contributed by atoms with Gasteiger partial charge in [-0.15, -0.1) is 0 Å². The maximum Gasteiger partial charge on any atom is 0.141 e. The van der Waals surface area contributed by atoms with Gasteiger partial charge in [-0.3, -0.25) is 0 Å². The fraction of sp³-hybridized carbons (Fsp3) is 0.333. The van der Waals surface area contributed by atoms with Gasteiger partial charge in [-0.2, -0.15) is 0 Å². The van der Waals surface area contributed by atoms with Crippen LogP contribution in [0.15, 0.2) is 18.2 Å². The molecule has 3 N–H and O–H groups in total. The van der Waals surface area contributed by atoms with E-state index in [0.717, 1.165) is 0 Å². The number of aliphatic hydroxyl groups is 1. The Morgan fingerprint density at radius 2 is 2.15 bits per heavy atom. The van der Waals surface area contributed by atoms with Gasteiger partial charge in [-0.25, -0.2) is 4.39 Å². The first-order valence-electron chi connectivity index (χ1n) is 3.91. The molecule has 1 rings (SSSR count). The second-order valence-electron chi connectivity index (χ2n) is 2.94. The first-order valence-corrected chi connectivity index (χ1v) is 4.28. The molecule has 1 aromatic rings. The van der Waals surface area contributed by atoms with Crippen LogP contribution < -0.4 is 5.73 Å². The molecule has 0 fully saturated rings. The fourth-order valence-corrected chi connectivity index (χ4v) is 1.19. The molecule has 0 saturated carbocycles. The number of benzene rings is 1. The Balaban J connectivity index is 2.97. The second-order valence-corrected chi connectivity index (χ2v) is 3.35. The average Bonchev–Trinajstić information content (AvgIpc) is 2.08. The summed E-state index contributed by atoms with van der Waals surface area (Å²) in [5.41, 5.74) is 6.25. The van der Waals surface area contributed by atoms with Gasteiger partial charge in [-0.1, -0.05) is 17.7 Å². The predicted molar refractivity (Wildman–Crippen MR) is 50.0 cm³/mol. The van der Waals surface area contributed by atoms with Crippen LogP contribution in [0.4, 0.5) is 4.39 Å². The van der Waals surface area contributed by atoms with Crippen LogP contribution in [-0.2, 0) is 0 Å². The van der Waals surface area contributed by atoms with Crippen molar-refractivity contribution < 1.29 is 9.50 Å². The van der Waals surface area contributed by atoms with Crippen LogP contribution in [0.3, 0.4) is 0 Å². The van der Waals surface area contributed by atoms with E-state index in [4.69, 9.17) is 17.3 Å². The summed E-state index contributed by atoms with van der Waals surface area (Å²) in [6, 6.07) is 3.64. The molecule has 0 unspecified atom stereocenters. The zero-order valence-electron chi connectivity index (χ0n) is 7.17. The third kappa shape index (κ3) is 2.40. The number of aliphatic hydroxyl groups excluding tert-OH is 1. The molecule has 0 heterocycles. The molecule has 0 spiro atoms. The summed E-state index contributed by atoms with van der Waals surface area (Å²) in [6.07, 6.45) is -0.679. The Bertz CT molecular complexity index is 304. The number of nitrogens with two attached hydrogens (primary N) is 1. The van der Waals surface area contributed by atoms with E-state index in [1.54, 1.807) is 6.92 Å². The zero-order chi connectivity index (χ0) is 10.0. The van der Waals surface area contributed by atoms with E-state index in [1.807, 2.05) is 0 Å². The van der Waals surface area contributed by atoms with E-state index in [2.05, 4.69) is 0 Å². The van der Waals surface area contributed by atoms with Crippen molar-refractivity contribution in [2.24, 2.45) is 5.73 Å². The summed E-state index contributed by atoms with van der Waals surface area (Å²) in [4.78, 5) is 0. The van der Waals surface area contributed by atoms with Gasteiger partial charge < -0.3 is 10.8 Å². The van der Waals surface area contributed by atoms with E-state index < -0.39 is 18.0 Å². The molecule has 0 aliphatic rings. The number of hydrogen-bond donors (Lipinski definition) is 2. The van der Waals surface area contributed by atoms with Crippen LogP contribution in [-0.4, -0.2) is 11.2 Å². The lowest BCUT2D eigenvalue weighted by molar-refractivity contribution is 0.164. The highest BCUT2D eigenvalue weighted by Gasteiger charge is 2.13. The molecule has 0 aliphatic carbocycles. The van der Waals surface area contributed by atoms with Crippen molar-refractivity contribution in [1.29, 1.82) is 0 Å². The standard InChI is InChI=1S/C9H11ClFNO/c1-5(13)9(12)6-2-3-8(11)7(10)4-6/h2-5,9,13H,12H2,1H3/t5-,9+/m1/s1. The lowest BCUT2D eigenvalue weighted by Crippen LogP contribution is -2.23. The SMILES string of the molecule is C[C@@H](O)[C@H](N)c1ccc(F)c(Cl)c1. The molecule has 2 nitrogen and oxygen atoms in total. The van der Waals surface area contributed by atoms with Crippen LogP contribution in [0.5, 0.6) is 0 Å². The third-order valence-electron chi connectivity index (χ3n) is 1.85. The Labute approximate surface area is 81.1 Å². The lowest BCUT2D eigenvalue weighted by Gasteiger charge is -2.15. The smallest absolute Gasteiger partial charge is 0.141 e. The highest BCUT2D eigenvalue weighted by Crippen LogP contribution is 2.21. The molecule has 0 aliphatic heterocycles. The minimum absolute atomic E-state index is 0.0219. The van der Waals surface area contributed by atoms with Gasteiger partial charge in [0.1, 0.15) is 5.82 Å². The molecule has 0 bridgehead atoms. The quantitative estimate of drug-likeness (QED) is 0.771. The van der Waals surface area contributed by atoms with Crippen molar-refractivity contribution in [1.82, 2.24) is 0 Å². The first-order chi connectivity index (χ1) is 6.02. The highest BCUT2D eigenvalue weighted by molar-refractivity contribution is 6.30. The molecule has 0 amide bonds. The van der Waals surface area contributed by atoms with Crippen molar-refractivity contribution in [2.45, 2.75) is 19.1 Å². The molecule has 4 heteroatoms. The molecule has 72 valence electrons. The minimum Gasteiger partial charge on any atom is -0.391 e. The molecule has 0 aromatic heterocycles. The largest absolute Gasteiger partial charge is 0.391 e. The average molecular weight is 204 g/mol. The summed E-state index contributed by atoms with van der Waals surface area (Å²) < 4.78 is 12.7. The van der Waals surface area contributed by atoms with Crippen molar-refractivity contribution in [3.8, 4) is 0 Å². The number of halogens is 2. The van der Waals surface area contributed by atoms with E-state index in [-0.39, 0.29) is 5.02 Å². The monoisotopic (exact) mass is 203 g/mol. The fourth-order valence-electron chi connectivity index (χ4n) is 0.998. The topological polar surface area (TPSA) is 46.2 Å². The molecular weight excluding hydrogens is 193 g/mol. The summed E-state index contributed by atoms with van der Waals surface area (Å²) in [7, 11) is 0. The summed E-state index contributed by atoms with van der Waals surface area (Å²) >= 11 is 5.55. The maximum absolute atomic E-state index is 12.7. The predicted octanol–water partition coefficient (Wildman–Crippen LogP) is 1.86. The van der Waals surface area contributed by atoms with Gasteiger partial charge in [0.25, 0.3) is 0 Å². The third-order valence-corrected chi connectivity index (χ3v) is 2.14. The molecule has 2 atom stereocenters. The Hall–Kier alpha value is -0.640. The lowest BCUT2D eigenvalue weighted by atomic mass is 10.0.